The monoisotopic (exact) mass is 286 g/mol. The van der Waals surface area contributed by atoms with E-state index in [2.05, 4.69) is 10.3 Å². The van der Waals surface area contributed by atoms with Crippen LogP contribution in [0.1, 0.15) is 12.8 Å². The van der Waals surface area contributed by atoms with Gasteiger partial charge in [0.05, 0.1) is 10.0 Å². The normalized spacial score (nSPS) is 18.3. The Morgan fingerprint density at radius 1 is 1.67 bits per heavy atom. The van der Waals surface area contributed by atoms with Crippen LogP contribution in [0.4, 0.5) is 0 Å². The lowest BCUT2D eigenvalue weighted by Gasteiger charge is -2.28. The number of aromatic nitrogens is 1. The molecule has 1 heterocycles. The number of nitrogens with one attached hydrogen (secondary N) is 1. The van der Waals surface area contributed by atoms with Gasteiger partial charge in [-0.05, 0) is 37.9 Å². The summed E-state index contributed by atoms with van der Waals surface area (Å²) in [6.07, 6.45) is 3.52. The van der Waals surface area contributed by atoms with Crippen molar-refractivity contribution in [1.29, 1.82) is 0 Å². The number of rotatable bonds is 6. The van der Waals surface area contributed by atoms with Crippen molar-refractivity contribution in [2.24, 2.45) is 5.92 Å². The molecule has 1 aromatic rings. The van der Waals surface area contributed by atoms with Crippen LogP contribution in [0.25, 0.3) is 0 Å². The first kappa shape index (κ1) is 13.6. The topological polar surface area (TPSA) is 62.2 Å². The number of hydrogen-bond acceptors (Lipinski definition) is 4. The zero-order valence-corrected chi connectivity index (χ0v) is 11.6. The number of halogens is 1. The van der Waals surface area contributed by atoms with Crippen LogP contribution in [0.15, 0.2) is 23.4 Å². The fourth-order valence-corrected chi connectivity index (χ4v) is 3.23. The number of pyridine rings is 1. The number of carboxylic acid groups (broad SMARTS) is 1. The molecule has 0 aliphatic heterocycles. The van der Waals surface area contributed by atoms with Crippen LogP contribution in [-0.2, 0) is 4.79 Å². The van der Waals surface area contributed by atoms with Crippen molar-refractivity contribution in [1.82, 2.24) is 10.3 Å². The Labute approximate surface area is 115 Å². The molecule has 0 spiro atoms. The van der Waals surface area contributed by atoms with Gasteiger partial charge in [0, 0.05) is 11.9 Å². The Hall–Kier alpha value is -0.780. The fourth-order valence-electron chi connectivity index (χ4n) is 1.95. The van der Waals surface area contributed by atoms with E-state index in [1.54, 1.807) is 19.3 Å². The largest absolute Gasteiger partial charge is 0.480 e. The SMILES string of the molecule is CNC(CSc1ccc(Cl)cn1)(C(=O)O)C1CC1. The molecule has 1 fully saturated rings. The molecule has 1 atom stereocenters. The van der Waals surface area contributed by atoms with Crippen LogP contribution in [0.5, 0.6) is 0 Å². The van der Waals surface area contributed by atoms with E-state index in [9.17, 15) is 9.90 Å². The van der Waals surface area contributed by atoms with E-state index in [0.29, 0.717) is 10.8 Å². The molecule has 0 aromatic carbocycles. The minimum absolute atomic E-state index is 0.222. The number of nitrogens with zero attached hydrogens (tertiary/aromatic N) is 1. The zero-order valence-electron chi connectivity index (χ0n) is 10.0. The lowest BCUT2D eigenvalue weighted by atomic mass is 9.96. The molecule has 18 heavy (non-hydrogen) atoms. The Kier molecular flexibility index (Phi) is 4.14. The van der Waals surface area contributed by atoms with Crippen LogP contribution in [0.3, 0.4) is 0 Å². The van der Waals surface area contributed by atoms with Crippen LogP contribution in [0, 0.1) is 5.92 Å². The lowest BCUT2D eigenvalue weighted by molar-refractivity contribution is -0.144. The van der Waals surface area contributed by atoms with Gasteiger partial charge in [0.1, 0.15) is 5.54 Å². The van der Waals surface area contributed by atoms with Gasteiger partial charge in [0.15, 0.2) is 0 Å². The Morgan fingerprint density at radius 3 is 2.83 bits per heavy atom. The van der Waals surface area contributed by atoms with E-state index in [4.69, 9.17) is 11.6 Å². The highest BCUT2D eigenvalue weighted by molar-refractivity contribution is 7.99. The first-order valence-corrected chi connectivity index (χ1v) is 7.11. The molecule has 1 aliphatic carbocycles. The standard InChI is InChI=1S/C12H15ClN2O2S/c1-14-12(11(16)17,8-2-3-8)7-18-10-5-4-9(13)6-15-10/h4-6,8,14H,2-3,7H2,1H3,(H,16,17). The highest BCUT2D eigenvalue weighted by Crippen LogP contribution is 2.42. The molecule has 6 heteroatoms. The van der Waals surface area contributed by atoms with Crippen LogP contribution in [-0.4, -0.2) is 34.4 Å². The van der Waals surface area contributed by atoms with Crippen LogP contribution < -0.4 is 5.32 Å². The van der Waals surface area contributed by atoms with Gasteiger partial charge in [-0.1, -0.05) is 11.6 Å². The molecule has 0 radical (unpaired) electrons. The number of thioether (sulfide) groups is 1. The number of likely N-dealkylation sites (N-methyl/N-ethyl adjacent to an activating group) is 1. The Morgan fingerprint density at radius 2 is 2.39 bits per heavy atom. The molecule has 1 unspecified atom stereocenters. The summed E-state index contributed by atoms with van der Waals surface area (Å²) in [6.45, 7) is 0. The smallest absolute Gasteiger partial charge is 0.325 e. The van der Waals surface area contributed by atoms with Crippen molar-refractivity contribution >= 4 is 29.3 Å². The Balaban J connectivity index is 2.06. The predicted octanol–water partition coefficient (Wildman–Crippen LogP) is 2.28. The molecule has 0 bridgehead atoms. The molecule has 1 aliphatic rings. The average molecular weight is 287 g/mol. The maximum Gasteiger partial charge on any atom is 0.325 e. The van der Waals surface area contributed by atoms with E-state index in [0.717, 1.165) is 17.9 Å². The summed E-state index contributed by atoms with van der Waals surface area (Å²) < 4.78 is 0. The van der Waals surface area contributed by atoms with Crippen molar-refractivity contribution < 1.29 is 9.90 Å². The molecular formula is C12H15ClN2O2S. The zero-order chi connectivity index (χ0) is 13.2. The fraction of sp³-hybridized carbons (Fsp3) is 0.500. The number of carbonyl (C=O) groups is 1. The maximum absolute atomic E-state index is 11.5. The molecule has 1 saturated carbocycles. The van der Waals surface area contributed by atoms with E-state index in [1.807, 2.05) is 6.07 Å². The summed E-state index contributed by atoms with van der Waals surface area (Å²) in [5.41, 5.74) is -0.841. The molecule has 98 valence electrons. The molecule has 2 rings (SSSR count). The second-order valence-corrected chi connectivity index (χ2v) is 5.84. The van der Waals surface area contributed by atoms with Crippen LogP contribution >= 0.6 is 23.4 Å². The molecule has 2 N–H and O–H groups in total. The summed E-state index contributed by atoms with van der Waals surface area (Å²) in [6, 6.07) is 3.57. The van der Waals surface area contributed by atoms with Gasteiger partial charge < -0.3 is 10.4 Å². The first-order valence-electron chi connectivity index (χ1n) is 5.75. The molecular weight excluding hydrogens is 272 g/mol. The van der Waals surface area contributed by atoms with Gasteiger partial charge in [-0.15, -0.1) is 11.8 Å². The van der Waals surface area contributed by atoms with E-state index >= 15 is 0 Å². The quantitative estimate of drug-likeness (QED) is 0.786. The highest BCUT2D eigenvalue weighted by atomic mass is 35.5. The summed E-state index contributed by atoms with van der Waals surface area (Å²) in [4.78, 5) is 15.7. The minimum atomic E-state index is -0.841. The van der Waals surface area contributed by atoms with E-state index in [-0.39, 0.29) is 5.92 Å². The predicted molar refractivity (Wildman–Crippen MR) is 72.1 cm³/mol. The second kappa shape index (κ2) is 5.47. The van der Waals surface area contributed by atoms with Gasteiger partial charge in [-0.3, -0.25) is 4.79 Å². The summed E-state index contributed by atoms with van der Waals surface area (Å²) in [5.74, 6) is -0.0910. The lowest BCUT2D eigenvalue weighted by Crippen LogP contribution is -2.54. The van der Waals surface area contributed by atoms with Gasteiger partial charge in [0.2, 0.25) is 0 Å². The van der Waals surface area contributed by atoms with Gasteiger partial charge in [0.25, 0.3) is 0 Å². The molecule has 4 nitrogen and oxygen atoms in total. The van der Waals surface area contributed by atoms with E-state index < -0.39 is 11.5 Å². The van der Waals surface area contributed by atoms with Crippen molar-refractivity contribution in [3.05, 3.63) is 23.4 Å². The maximum atomic E-state index is 11.5. The third kappa shape index (κ3) is 2.79. The molecule has 1 aromatic heterocycles. The summed E-state index contributed by atoms with van der Waals surface area (Å²) >= 11 is 7.21. The van der Waals surface area contributed by atoms with Crippen LogP contribution in [0.2, 0.25) is 5.02 Å². The number of aliphatic carboxylic acids is 1. The second-order valence-electron chi connectivity index (χ2n) is 4.40. The van der Waals surface area contributed by atoms with Gasteiger partial charge in [-0.25, -0.2) is 4.98 Å². The number of hydrogen-bond donors (Lipinski definition) is 2. The first-order chi connectivity index (χ1) is 8.58. The molecule has 0 amide bonds. The number of carboxylic acids is 1. The average Bonchev–Trinajstić information content (AvgIpc) is 3.17. The minimum Gasteiger partial charge on any atom is -0.480 e. The van der Waals surface area contributed by atoms with Gasteiger partial charge >= 0.3 is 5.97 Å². The third-order valence-corrected chi connectivity index (χ3v) is 4.61. The van der Waals surface area contributed by atoms with Crippen molar-refractivity contribution in [3.8, 4) is 0 Å². The van der Waals surface area contributed by atoms with Gasteiger partial charge in [-0.2, -0.15) is 0 Å². The summed E-state index contributed by atoms with van der Waals surface area (Å²) in [7, 11) is 1.71. The van der Waals surface area contributed by atoms with Crippen molar-refractivity contribution in [3.63, 3.8) is 0 Å². The van der Waals surface area contributed by atoms with Crippen molar-refractivity contribution in [2.75, 3.05) is 12.8 Å². The molecule has 0 saturated heterocycles. The summed E-state index contributed by atoms with van der Waals surface area (Å²) in [5, 5.41) is 13.8. The van der Waals surface area contributed by atoms with E-state index in [1.165, 1.54) is 11.8 Å². The third-order valence-electron chi connectivity index (χ3n) is 3.25. The highest BCUT2D eigenvalue weighted by Gasteiger charge is 2.50. The van der Waals surface area contributed by atoms with Crippen molar-refractivity contribution in [2.45, 2.75) is 23.4 Å². The Bertz CT molecular complexity index is 436.